The molecule has 1 unspecified atom stereocenters. The third kappa shape index (κ3) is 7.85. The lowest BCUT2D eigenvalue weighted by Crippen LogP contribution is -2.27. The number of hydrogen-bond donors (Lipinski definition) is 1. The fourth-order valence-electron chi connectivity index (χ4n) is 5.02. The molecule has 0 radical (unpaired) electrons. The first-order chi connectivity index (χ1) is 18.9. The summed E-state index contributed by atoms with van der Waals surface area (Å²) in [5.74, 6) is 0.390. The van der Waals surface area contributed by atoms with Crippen molar-refractivity contribution in [2.75, 3.05) is 20.3 Å². The number of methoxy groups -OCH3 is 1. The Morgan fingerprint density at radius 3 is 2.56 bits per heavy atom. The van der Waals surface area contributed by atoms with Crippen LogP contribution in [0.5, 0.6) is 5.75 Å². The highest BCUT2D eigenvalue weighted by molar-refractivity contribution is 6.03. The smallest absolute Gasteiger partial charge is 0.387 e. The van der Waals surface area contributed by atoms with Gasteiger partial charge >= 0.3 is 6.61 Å². The summed E-state index contributed by atoms with van der Waals surface area (Å²) in [5, 5.41) is 7.57. The molecule has 3 aromatic rings. The number of rotatable bonds is 16. The van der Waals surface area contributed by atoms with Crippen LogP contribution in [0.1, 0.15) is 84.1 Å². The first-order valence-corrected chi connectivity index (χ1v) is 13.7. The predicted octanol–water partition coefficient (Wildman–Crippen LogP) is 6.36. The highest BCUT2D eigenvalue weighted by Gasteiger charge is 2.24. The minimum atomic E-state index is -3.08. The molecule has 1 atom stereocenters. The molecule has 1 aliphatic carbocycles. The molecule has 7 nitrogen and oxygen atoms in total. The zero-order valence-corrected chi connectivity index (χ0v) is 22.6. The van der Waals surface area contributed by atoms with Gasteiger partial charge in [-0.3, -0.25) is 14.3 Å². The van der Waals surface area contributed by atoms with Gasteiger partial charge in [-0.2, -0.15) is 13.9 Å². The molecular weight excluding hydrogens is 504 g/mol. The topological polar surface area (TPSA) is 82.5 Å². The summed E-state index contributed by atoms with van der Waals surface area (Å²) in [4.78, 5) is 25.3. The highest BCUT2D eigenvalue weighted by atomic mass is 19.3. The lowest BCUT2D eigenvalue weighted by Gasteiger charge is -2.16. The maximum absolute atomic E-state index is 13.3. The molecule has 0 spiro atoms. The van der Waals surface area contributed by atoms with Crippen LogP contribution >= 0.6 is 0 Å². The Kier molecular flexibility index (Phi) is 10.0. The highest BCUT2D eigenvalue weighted by Crippen LogP contribution is 2.40. The number of carbonyl (C=O) groups excluding carboxylic acids is 2. The van der Waals surface area contributed by atoms with E-state index in [-0.39, 0.29) is 29.6 Å². The number of fused-ring (bicyclic) bond motifs is 1. The standard InChI is InChI=1S/C30H37F2N3O4/c1-3-5-20(6-4-7-27(36)23-12-10-22(11-13-23)21-8-9-21)18-35-19-25-26(34-35)15-14-24(28(25)39-30(31)32)29(37)33-16-17-38-2/h10-15,19-21,30H,3-9,16-18H2,1-2H3,(H,33,37). The lowest BCUT2D eigenvalue weighted by atomic mass is 9.95. The van der Waals surface area contributed by atoms with E-state index in [1.807, 2.05) is 12.1 Å². The van der Waals surface area contributed by atoms with Crippen LogP contribution < -0.4 is 10.1 Å². The van der Waals surface area contributed by atoms with E-state index in [0.717, 1.165) is 31.2 Å². The van der Waals surface area contributed by atoms with Crippen molar-refractivity contribution in [2.24, 2.45) is 5.92 Å². The molecule has 1 aromatic heterocycles. The number of ketones is 1. The van der Waals surface area contributed by atoms with Gasteiger partial charge in [0.1, 0.15) is 5.75 Å². The van der Waals surface area contributed by atoms with Gasteiger partial charge in [0.15, 0.2) is 5.78 Å². The van der Waals surface area contributed by atoms with Gasteiger partial charge in [0.05, 0.1) is 23.1 Å². The molecule has 1 saturated carbocycles. The number of alkyl halides is 2. The number of nitrogens with zero attached hydrogens (tertiary/aromatic N) is 2. The second-order valence-corrected chi connectivity index (χ2v) is 10.2. The molecule has 1 aliphatic rings. The largest absolute Gasteiger partial charge is 0.433 e. The number of ether oxygens (including phenoxy) is 2. The van der Waals surface area contributed by atoms with Gasteiger partial charge in [-0.25, -0.2) is 0 Å². The number of nitrogens with one attached hydrogen (secondary N) is 1. The fraction of sp³-hybridized carbons (Fsp3) is 0.500. The zero-order chi connectivity index (χ0) is 27.8. The average molecular weight is 542 g/mol. The van der Waals surface area contributed by atoms with Gasteiger partial charge in [0, 0.05) is 38.4 Å². The zero-order valence-electron chi connectivity index (χ0n) is 22.6. The van der Waals surface area contributed by atoms with E-state index in [9.17, 15) is 18.4 Å². The van der Waals surface area contributed by atoms with Crippen LogP contribution in [0.15, 0.2) is 42.6 Å². The van der Waals surface area contributed by atoms with Crippen LogP contribution in [-0.4, -0.2) is 48.3 Å². The van der Waals surface area contributed by atoms with E-state index >= 15 is 0 Å². The second kappa shape index (κ2) is 13.6. The number of Topliss-reactive ketones (excluding diaryl/α,β-unsaturated/α-hetero) is 1. The second-order valence-electron chi connectivity index (χ2n) is 10.2. The number of aromatic nitrogens is 2. The molecule has 1 heterocycles. The van der Waals surface area contributed by atoms with Crippen molar-refractivity contribution in [3.05, 3.63) is 59.3 Å². The summed E-state index contributed by atoms with van der Waals surface area (Å²) in [6.07, 6.45) is 8.17. The van der Waals surface area contributed by atoms with Crippen LogP contribution in [-0.2, 0) is 11.3 Å². The molecule has 4 rings (SSSR count). The quantitative estimate of drug-likeness (QED) is 0.169. The van der Waals surface area contributed by atoms with Crippen LogP contribution in [0, 0.1) is 5.92 Å². The van der Waals surface area contributed by atoms with Crippen LogP contribution in [0.2, 0.25) is 0 Å². The molecule has 1 fully saturated rings. The van der Waals surface area contributed by atoms with Crippen molar-refractivity contribution >= 4 is 22.6 Å². The maximum atomic E-state index is 13.3. The Morgan fingerprint density at radius 2 is 1.90 bits per heavy atom. The van der Waals surface area contributed by atoms with E-state index in [0.29, 0.717) is 36.4 Å². The Labute approximate surface area is 227 Å². The van der Waals surface area contributed by atoms with Crippen LogP contribution in [0.25, 0.3) is 10.9 Å². The number of carbonyl (C=O) groups is 2. The molecule has 2 aromatic carbocycles. The van der Waals surface area contributed by atoms with Crippen LogP contribution in [0.3, 0.4) is 0 Å². The van der Waals surface area contributed by atoms with Crippen molar-refractivity contribution in [3.8, 4) is 5.75 Å². The van der Waals surface area contributed by atoms with Gasteiger partial charge in [-0.05, 0) is 61.6 Å². The first-order valence-electron chi connectivity index (χ1n) is 13.7. The van der Waals surface area contributed by atoms with Crippen molar-refractivity contribution < 1.29 is 27.8 Å². The molecule has 39 heavy (non-hydrogen) atoms. The number of halogens is 2. The summed E-state index contributed by atoms with van der Waals surface area (Å²) in [6.45, 7) is 0.153. The summed E-state index contributed by atoms with van der Waals surface area (Å²) < 4.78 is 38.0. The Balaban J connectivity index is 1.41. The molecule has 1 amide bonds. The van der Waals surface area contributed by atoms with Crippen LogP contribution in [0.4, 0.5) is 8.78 Å². The third-order valence-electron chi connectivity index (χ3n) is 7.17. The Bertz CT molecular complexity index is 1260. The monoisotopic (exact) mass is 541 g/mol. The van der Waals surface area contributed by atoms with Gasteiger partial charge in [0.2, 0.25) is 0 Å². The Morgan fingerprint density at radius 1 is 1.13 bits per heavy atom. The van der Waals surface area contributed by atoms with Gasteiger partial charge in [-0.1, -0.05) is 37.6 Å². The summed E-state index contributed by atoms with van der Waals surface area (Å²) >= 11 is 0. The fourth-order valence-corrected chi connectivity index (χ4v) is 5.02. The summed E-state index contributed by atoms with van der Waals surface area (Å²) in [5.41, 5.74) is 2.58. The molecule has 210 valence electrons. The van der Waals surface area contributed by atoms with Crippen molar-refractivity contribution in [2.45, 2.75) is 70.9 Å². The van der Waals surface area contributed by atoms with Crippen molar-refractivity contribution in [1.82, 2.24) is 15.1 Å². The third-order valence-corrected chi connectivity index (χ3v) is 7.17. The minimum absolute atomic E-state index is 0.0206. The Hall–Kier alpha value is -3.33. The van der Waals surface area contributed by atoms with Crippen molar-refractivity contribution in [1.29, 1.82) is 0 Å². The molecule has 1 N–H and O–H groups in total. The van der Waals surface area contributed by atoms with Gasteiger partial charge < -0.3 is 14.8 Å². The molecular formula is C30H37F2N3O4. The first kappa shape index (κ1) is 28.7. The molecule has 0 bridgehead atoms. The molecule has 9 heteroatoms. The summed E-state index contributed by atoms with van der Waals surface area (Å²) in [7, 11) is 1.51. The summed E-state index contributed by atoms with van der Waals surface area (Å²) in [6, 6.07) is 11.1. The van der Waals surface area contributed by atoms with E-state index < -0.39 is 12.5 Å². The normalized spacial score (nSPS) is 14.1. The number of hydrogen-bond acceptors (Lipinski definition) is 5. The number of amides is 1. The lowest BCUT2D eigenvalue weighted by molar-refractivity contribution is -0.0491. The number of benzene rings is 2. The average Bonchev–Trinajstić information content (AvgIpc) is 3.68. The predicted molar refractivity (Wildman–Crippen MR) is 146 cm³/mol. The molecule has 0 aliphatic heterocycles. The van der Waals surface area contributed by atoms with E-state index in [4.69, 9.17) is 9.47 Å². The van der Waals surface area contributed by atoms with E-state index in [2.05, 4.69) is 29.5 Å². The van der Waals surface area contributed by atoms with Crippen molar-refractivity contribution in [3.63, 3.8) is 0 Å². The van der Waals surface area contributed by atoms with Gasteiger partial charge in [-0.15, -0.1) is 0 Å². The molecule has 0 saturated heterocycles. The maximum Gasteiger partial charge on any atom is 0.387 e. The van der Waals surface area contributed by atoms with Gasteiger partial charge in [0.25, 0.3) is 5.91 Å². The van der Waals surface area contributed by atoms with E-state index in [1.54, 1.807) is 16.9 Å². The minimum Gasteiger partial charge on any atom is -0.433 e. The van der Waals surface area contributed by atoms with E-state index in [1.165, 1.54) is 31.6 Å². The SMILES string of the molecule is CCCC(CCCC(=O)c1ccc(C2CC2)cc1)Cn1cc2c(OC(F)F)c(C(=O)NCCOC)ccc2n1.